The number of hydrogen-bond donors (Lipinski definition) is 2. The summed E-state index contributed by atoms with van der Waals surface area (Å²) in [5.74, 6) is -1.08. The predicted octanol–water partition coefficient (Wildman–Crippen LogP) is 1.24. The molecule has 1 heterocycles. The summed E-state index contributed by atoms with van der Waals surface area (Å²) in [4.78, 5) is 25.9. The molecule has 0 saturated heterocycles. The van der Waals surface area contributed by atoms with Crippen molar-refractivity contribution in [1.29, 1.82) is 0 Å². The zero-order valence-corrected chi connectivity index (χ0v) is 11.4. The van der Waals surface area contributed by atoms with Gasteiger partial charge in [-0.25, -0.2) is 0 Å². The Bertz CT molecular complexity index is 714. The molecule has 1 atom stereocenters. The Balaban J connectivity index is 1.98. The summed E-state index contributed by atoms with van der Waals surface area (Å²) in [6, 6.07) is 15.3. The molecule has 106 valence electrons. The monoisotopic (exact) mass is 282 g/mol. The largest absolute Gasteiger partial charge is 0.359 e. The van der Waals surface area contributed by atoms with Crippen LogP contribution >= 0.6 is 0 Å². The van der Waals surface area contributed by atoms with Crippen LogP contribution in [-0.4, -0.2) is 24.0 Å². The molecule has 1 aliphatic heterocycles. The smallest absolute Gasteiger partial charge is 0.285 e. The molecule has 0 radical (unpaired) electrons. The number of amides is 2. The van der Waals surface area contributed by atoms with Crippen LogP contribution in [0, 0.1) is 0 Å². The van der Waals surface area contributed by atoms with Gasteiger partial charge in [0.2, 0.25) is 5.72 Å². The van der Waals surface area contributed by atoms with Crippen LogP contribution in [0.3, 0.4) is 0 Å². The van der Waals surface area contributed by atoms with Gasteiger partial charge in [0, 0.05) is 18.2 Å². The number of carbonyl (C=O) groups excluding carboxylic acids is 2. The first kappa shape index (κ1) is 13.3. The molecule has 2 aromatic carbocycles. The minimum absolute atomic E-state index is 0.377. The number of aliphatic hydroxyl groups is 1. The number of anilines is 1. The van der Waals surface area contributed by atoms with Gasteiger partial charge in [-0.15, -0.1) is 0 Å². The van der Waals surface area contributed by atoms with E-state index in [1.165, 1.54) is 4.90 Å². The molecule has 0 spiro atoms. The maximum absolute atomic E-state index is 12.3. The molecule has 2 amide bonds. The fourth-order valence-electron chi connectivity index (χ4n) is 2.49. The first-order valence-electron chi connectivity index (χ1n) is 6.51. The summed E-state index contributed by atoms with van der Waals surface area (Å²) in [6.45, 7) is 0. The third kappa shape index (κ3) is 1.98. The zero-order chi connectivity index (χ0) is 15.0. The molecule has 0 fully saturated rings. The van der Waals surface area contributed by atoms with Crippen molar-refractivity contribution >= 4 is 17.5 Å². The van der Waals surface area contributed by atoms with Gasteiger partial charge < -0.3 is 15.3 Å². The van der Waals surface area contributed by atoms with Gasteiger partial charge in [0.1, 0.15) is 0 Å². The van der Waals surface area contributed by atoms with Crippen LogP contribution in [-0.2, 0) is 10.5 Å². The summed E-state index contributed by atoms with van der Waals surface area (Å²) in [6.07, 6.45) is 0. The number of likely N-dealkylation sites (N-methyl/N-ethyl adjacent to an activating group) is 1. The maximum atomic E-state index is 12.3. The van der Waals surface area contributed by atoms with Crippen LogP contribution < -0.4 is 10.2 Å². The number of carbonyl (C=O) groups is 2. The lowest BCUT2D eigenvalue weighted by molar-refractivity contribution is -0.138. The summed E-state index contributed by atoms with van der Waals surface area (Å²) in [7, 11) is 1.56. The lowest BCUT2D eigenvalue weighted by Gasteiger charge is -2.23. The van der Waals surface area contributed by atoms with Crippen molar-refractivity contribution in [3.63, 3.8) is 0 Å². The molecule has 0 aromatic heterocycles. The maximum Gasteiger partial charge on any atom is 0.285 e. The molecule has 5 nitrogen and oxygen atoms in total. The average Bonchev–Trinajstić information content (AvgIpc) is 2.71. The van der Waals surface area contributed by atoms with Crippen molar-refractivity contribution in [3.8, 4) is 0 Å². The Hall–Kier alpha value is -2.66. The molecule has 5 heteroatoms. The Kier molecular flexibility index (Phi) is 2.99. The number of para-hydroxylation sites is 1. The van der Waals surface area contributed by atoms with Crippen LogP contribution in [0.4, 0.5) is 5.69 Å². The summed E-state index contributed by atoms with van der Waals surface area (Å²) in [5, 5.41) is 13.1. The number of rotatable bonds is 2. The van der Waals surface area contributed by atoms with Crippen LogP contribution in [0.2, 0.25) is 0 Å². The van der Waals surface area contributed by atoms with E-state index in [1.54, 1.807) is 61.6 Å². The molecule has 0 bridgehead atoms. The third-order valence-electron chi connectivity index (χ3n) is 3.60. The van der Waals surface area contributed by atoms with Gasteiger partial charge in [-0.2, -0.15) is 0 Å². The molecule has 3 rings (SSSR count). The Morgan fingerprint density at radius 2 is 1.71 bits per heavy atom. The fourth-order valence-corrected chi connectivity index (χ4v) is 2.49. The van der Waals surface area contributed by atoms with E-state index in [4.69, 9.17) is 0 Å². The van der Waals surface area contributed by atoms with E-state index >= 15 is 0 Å². The van der Waals surface area contributed by atoms with Crippen molar-refractivity contribution in [1.82, 2.24) is 5.32 Å². The van der Waals surface area contributed by atoms with Gasteiger partial charge in [0.05, 0.1) is 5.69 Å². The molecule has 2 N–H and O–H groups in total. The number of fused-ring (bicyclic) bond motifs is 1. The third-order valence-corrected chi connectivity index (χ3v) is 3.60. The highest BCUT2D eigenvalue weighted by Crippen LogP contribution is 2.37. The minimum atomic E-state index is -2.03. The lowest BCUT2D eigenvalue weighted by atomic mass is 10.0. The van der Waals surface area contributed by atoms with Gasteiger partial charge in [0.25, 0.3) is 11.8 Å². The second kappa shape index (κ2) is 4.71. The van der Waals surface area contributed by atoms with Crippen molar-refractivity contribution in [3.05, 3.63) is 65.7 Å². The van der Waals surface area contributed by atoms with Gasteiger partial charge >= 0.3 is 0 Å². The average molecular weight is 282 g/mol. The van der Waals surface area contributed by atoms with Crippen molar-refractivity contribution in [2.45, 2.75) is 5.72 Å². The van der Waals surface area contributed by atoms with E-state index in [1.807, 2.05) is 0 Å². The van der Waals surface area contributed by atoms with E-state index < -0.39 is 17.5 Å². The first-order chi connectivity index (χ1) is 10.0. The highest BCUT2D eigenvalue weighted by atomic mass is 16.3. The summed E-state index contributed by atoms with van der Waals surface area (Å²) in [5.41, 5.74) is -0.691. The number of nitrogens with one attached hydrogen (secondary N) is 1. The Labute approximate surface area is 121 Å². The molecular formula is C16H14N2O3. The molecule has 0 saturated carbocycles. The molecule has 2 aromatic rings. The van der Waals surface area contributed by atoms with Crippen LogP contribution in [0.15, 0.2) is 54.6 Å². The van der Waals surface area contributed by atoms with Crippen LogP contribution in [0.5, 0.6) is 0 Å². The van der Waals surface area contributed by atoms with E-state index in [0.717, 1.165) is 0 Å². The van der Waals surface area contributed by atoms with E-state index in [0.29, 0.717) is 16.8 Å². The second-order valence-electron chi connectivity index (χ2n) is 4.91. The standard InChI is InChI=1S/C16H14N2O3/c1-18-13-10-6-5-9-12(13)16(21,15(18)20)17-14(19)11-7-3-2-4-8-11/h2-10,21H,1H3,(H,17,19)/t16-/m0/s1. The van der Waals surface area contributed by atoms with Gasteiger partial charge in [-0.3, -0.25) is 9.59 Å². The van der Waals surface area contributed by atoms with Gasteiger partial charge in [0.15, 0.2) is 0 Å². The molecular weight excluding hydrogens is 268 g/mol. The van der Waals surface area contributed by atoms with Crippen LogP contribution in [0.25, 0.3) is 0 Å². The highest BCUT2D eigenvalue weighted by Gasteiger charge is 2.49. The SMILES string of the molecule is CN1C(=O)[C@](O)(NC(=O)c2ccccc2)c2ccccc21. The molecule has 21 heavy (non-hydrogen) atoms. The van der Waals surface area contributed by atoms with E-state index in [-0.39, 0.29) is 0 Å². The first-order valence-corrected chi connectivity index (χ1v) is 6.51. The molecule has 0 unspecified atom stereocenters. The quantitative estimate of drug-likeness (QED) is 0.814. The van der Waals surface area contributed by atoms with E-state index in [9.17, 15) is 14.7 Å². The highest BCUT2D eigenvalue weighted by molar-refractivity contribution is 6.09. The molecule has 0 aliphatic carbocycles. The fraction of sp³-hybridized carbons (Fsp3) is 0.125. The number of nitrogens with zero attached hydrogens (tertiary/aromatic N) is 1. The second-order valence-corrected chi connectivity index (χ2v) is 4.91. The van der Waals surface area contributed by atoms with Gasteiger partial charge in [-0.05, 0) is 18.2 Å². The summed E-state index contributed by atoms with van der Waals surface area (Å²) >= 11 is 0. The van der Waals surface area contributed by atoms with Crippen molar-refractivity contribution in [2.75, 3.05) is 11.9 Å². The minimum Gasteiger partial charge on any atom is -0.359 e. The zero-order valence-electron chi connectivity index (χ0n) is 11.4. The predicted molar refractivity (Wildman–Crippen MR) is 77.7 cm³/mol. The Morgan fingerprint density at radius 1 is 1.10 bits per heavy atom. The van der Waals surface area contributed by atoms with Crippen LogP contribution in [0.1, 0.15) is 15.9 Å². The van der Waals surface area contributed by atoms with E-state index in [2.05, 4.69) is 5.32 Å². The lowest BCUT2D eigenvalue weighted by Crippen LogP contribution is -2.52. The topological polar surface area (TPSA) is 69.6 Å². The molecule has 1 aliphatic rings. The van der Waals surface area contributed by atoms with Crippen molar-refractivity contribution in [2.24, 2.45) is 0 Å². The van der Waals surface area contributed by atoms with Gasteiger partial charge in [-0.1, -0.05) is 36.4 Å². The van der Waals surface area contributed by atoms with Crippen molar-refractivity contribution < 1.29 is 14.7 Å². The Morgan fingerprint density at radius 3 is 2.43 bits per heavy atom. The normalized spacial score (nSPS) is 20.3. The number of benzene rings is 2. The number of hydrogen-bond acceptors (Lipinski definition) is 3. The summed E-state index contributed by atoms with van der Waals surface area (Å²) < 4.78 is 0.